The lowest BCUT2D eigenvalue weighted by Crippen LogP contribution is -2.43. The quantitative estimate of drug-likeness (QED) is 0.854. The van der Waals surface area contributed by atoms with Gasteiger partial charge in [-0.2, -0.15) is 0 Å². The van der Waals surface area contributed by atoms with E-state index in [0.29, 0.717) is 4.99 Å². The summed E-state index contributed by atoms with van der Waals surface area (Å²) in [7, 11) is 1.66. The van der Waals surface area contributed by atoms with Gasteiger partial charge in [0.25, 0.3) is 0 Å². The first-order valence-electron chi connectivity index (χ1n) is 6.50. The fourth-order valence-electron chi connectivity index (χ4n) is 2.29. The van der Waals surface area contributed by atoms with Crippen molar-refractivity contribution >= 4 is 22.9 Å². The minimum atomic E-state index is 0.263. The van der Waals surface area contributed by atoms with E-state index < -0.39 is 0 Å². The predicted molar refractivity (Wildman–Crippen MR) is 81.1 cm³/mol. The molecule has 1 saturated heterocycles. The molecule has 0 saturated carbocycles. The summed E-state index contributed by atoms with van der Waals surface area (Å²) in [5, 5.41) is 0. The molecule has 5 heteroatoms. The summed E-state index contributed by atoms with van der Waals surface area (Å²) in [6, 6.07) is 5.80. The summed E-state index contributed by atoms with van der Waals surface area (Å²) in [5.74, 6) is 0.814. The highest BCUT2D eigenvalue weighted by Crippen LogP contribution is 2.28. The molecule has 2 N–H and O–H groups in total. The number of rotatable bonds is 4. The number of methoxy groups -OCH3 is 1. The minimum absolute atomic E-state index is 0.263. The highest BCUT2D eigenvalue weighted by Gasteiger charge is 2.22. The zero-order valence-corrected chi connectivity index (χ0v) is 12.2. The summed E-state index contributed by atoms with van der Waals surface area (Å²) in [5.41, 5.74) is 7.74. The molecule has 2 rings (SSSR count). The summed E-state index contributed by atoms with van der Waals surface area (Å²) in [6.07, 6.45) is 1.27. The maximum absolute atomic E-state index is 5.81. The maximum Gasteiger partial charge on any atom is 0.120 e. The van der Waals surface area contributed by atoms with E-state index in [1.807, 2.05) is 18.2 Å². The number of morpholine rings is 1. The van der Waals surface area contributed by atoms with E-state index in [1.54, 1.807) is 7.11 Å². The van der Waals surface area contributed by atoms with Crippen LogP contribution in [-0.2, 0) is 4.74 Å². The molecule has 0 aliphatic carbocycles. The first-order chi connectivity index (χ1) is 9.15. The molecular formula is C14H20N2O2S. The molecule has 1 aromatic rings. The van der Waals surface area contributed by atoms with Gasteiger partial charge in [-0.3, -0.25) is 0 Å². The van der Waals surface area contributed by atoms with Crippen LogP contribution in [0.15, 0.2) is 18.2 Å². The number of nitrogens with two attached hydrogens (primary N) is 1. The van der Waals surface area contributed by atoms with Gasteiger partial charge in [0.15, 0.2) is 0 Å². The van der Waals surface area contributed by atoms with E-state index in [1.165, 1.54) is 0 Å². The van der Waals surface area contributed by atoms with Crippen molar-refractivity contribution in [3.8, 4) is 5.75 Å². The highest BCUT2D eigenvalue weighted by molar-refractivity contribution is 7.80. The Morgan fingerprint density at radius 1 is 1.58 bits per heavy atom. The summed E-state index contributed by atoms with van der Waals surface area (Å²) < 4.78 is 11.0. The fourth-order valence-corrected chi connectivity index (χ4v) is 2.47. The number of anilines is 1. The van der Waals surface area contributed by atoms with Crippen molar-refractivity contribution in [3.05, 3.63) is 23.8 Å². The van der Waals surface area contributed by atoms with Gasteiger partial charge < -0.3 is 20.1 Å². The minimum Gasteiger partial charge on any atom is -0.497 e. The van der Waals surface area contributed by atoms with Crippen molar-refractivity contribution in [2.75, 3.05) is 31.7 Å². The topological polar surface area (TPSA) is 47.7 Å². The van der Waals surface area contributed by atoms with Crippen LogP contribution < -0.4 is 15.4 Å². The molecule has 1 aliphatic rings. The molecule has 4 nitrogen and oxygen atoms in total. The van der Waals surface area contributed by atoms with Crippen LogP contribution in [0.25, 0.3) is 0 Å². The van der Waals surface area contributed by atoms with Gasteiger partial charge in [0.2, 0.25) is 0 Å². The fraction of sp³-hybridized carbons (Fsp3) is 0.500. The van der Waals surface area contributed by atoms with Gasteiger partial charge in [-0.15, -0.1) is 0 Å². The zero-order valence-electron chi connectivity index (χ0n) is 11.4. The highest BCUT2D eigenvalue weighted by atomic mass is 32.1. The zero-order chi connectivity index (χ0) is 13.8. The summed E-state index contributed by atoms with van der Waals surface area (Å²) >= 11 is 5.14. The maximum atomic E-state index is 5.81. The number of thiocarbonyl (C=S) groups is 1. The van der Waals surface area contributed by atoms with Gasteiger partial charge in [-0.05, 0) is 18.6 Å². The lowest BCUT2D eigenvalue weighted by molar-refractivity contribution is 0.0384. The third-order valence-electron chi connectivity index (χ3n) is 3.41. The van der Waals surface area contributed by atoms with Gasteiger partial charge in [-0.25, -0.2) is 0 Å². The van der Waals surface area contributed by atoms with Crippen molar-refractivity contribution < 1.29 is 9.47 Å². The molecule has 0 amide bonds. The van der Waals surface area contributed by atoms with Crippen molar-refractivity contribution in [3.63, 3.8) is 0 Å². The summed E-state index contributed by atoms with van der Waals surface area (Å²) in [4.78, 5) is 2.69. The van der Waals surface area contributed by atoms with E-state index in [9.17, 15) is 0 Å². The third-order valence-corrected chi connectivity index (χ3v) is 3.63. The molecule has 104 valence electrons. The van der Waals surface area contributed by atoms with Crippen LogP contribution in [-0.4, -0.2) is 37.9 Å². The first kappa shape index (κ1) is 14.1. The van der Waals surface area contributed by atoms with Crippen LogP contribution in [0.1, 0.15) is 18.9 Å². The van der Waals surface area contributed by atoms with Gasteiger partial charge in [0, 0.05) is 24.7 Å². The summed E-state index contributed by atoms with van der Waals surface area (Å²) in [6.45, 7) is 4.57. The lowest BCUT2D eigenvalue weighted by atomic mass is 10.1. The number of hydrogen-bond acceptors (Lipinski definition) is 4. The molecule has 0 bridgehead atoms. The monoisotopic (exact) mass is 280 g/mol. The average Bonchev–Trinajstić information content (AvgIpc) is 2.46. The normalized spacial score (nSPS) is 19.3. The Hall–Kier alpha value is -1.33. The first-order valence-corrected chi connectivity index (χ1v) is 6.91. The number of hydrogen-bond donors (Lipinski definition) is 1. The molecule has 1 aliphatic heterocycles. The van der Waals surface area contributed by atoms with Crippen molar-refractivity contribution in [2.45, 2.75) is 19.4 Å². The number of nitrogens with zero attached hydrogens (tertiary/aromatic N) is 1. The second kappa shape index (κ2) is 6.21. The molecule has 19 heavy (non-hydrogen) atoms. The van der Waals surface area contributed by atoms with Gasteiger partial charge in [0.1, 0.15) is 10.7 Å². The van der Waals surface area contributed by atoms with E-state index in [0.717, 1.165) is 43.1 Å². The second-order valence-electron chi connectivity index (χ2n) is 4.59. The Balaban J connectivity index is 2.32. The van der Waals surface area contributed by atoms with Crippen LogP contribution >= 0.6 is 12.2 Å². The predicted octanol–water partition coefficient (Wildman–Crippen LogP) is 1.94. The van der Waals surface area contributed by atoms with Crippen LogP contribution in [0.4, 0.5) is 5.69 Å². The molecule has 0 aromatic heterocycles. The molecule has 1 unspecified atom stereocenters. The average molecular weight is 280 g/mol. The molecular weight excluding hydrogens is 260 g/mol. The standard InChI is InChI=1S/C14H20N2O2S/c1-3-10-9-16(6-7-18-10)13-8-11(17-2)4-5-12(13)14(15)19/h4-5,8,10H,3,6-7,9H2,1-2H3,(H2,15,19). The van der Waals surface area contributed by atoms with Gasteiger partial charge >= 0.3 is 0 Å². The van der Waals surface area contributed by atoms with E-state index >= 15 is 0 Å². The smallest absolute Gasteiger partial charge is 0.120 e. The number of ether oxygens (including phenoxy) is 2. The van der Waals surface area contributed by atoms with Crippen molar-refractivity contribution in [1.82, 2.24) is 0 Å². The molecule has 1 atom stereocenters. The Morgan fingerprint density at radius 2 is 2.37 bits per heavy atom. The third kappa shape index (κ3) is 3.16. The molecule has 1 aromatic carbocycles. The van der Waals surface area contributed by atoms with E-state index in [2.05, 4.69) is 11.8 Å². The Morgan fingerprint density at radius 3 is 3.00 bits per heavy atom. The second-order valence-corrected chi connectivity index (χ2v) is 5.03. The van der Waals surface area contributed by atoms with Crippen molar-refractivity contribution in [1.29, 1.82) is 0 Å². The molecule has 1 heterocycles. The molecule has 0 spiro atoms. The van der Waals surface area contributed by atoms with Crippen molar-refractivity contribution in [2.24, 2.45) is 5.73 Å². The lowest BCUT2D eigenvalue weighted by Gasteiger charge is -2.35. The van der Waals surface area contributed by atoms with Gasteiger partial charge in [0.05, 0.1) is 25.5 Å². The molecule has 1 fully saturated rings. The van der Waals surface area contributed by atoms with Crippen LogP contribution in [0.5, 0.6) is 5.75 Å². The Labute approximate surface area is 119 Å². The van der Waals surface area contributed by atoms with E-state index in [4.69, 9.17) is 27.4 Å². The molecule has 0 radical (unpaired) electrons. The van der Waals surface area contributed by atoms with Gasteiger partial charge in [-0.1, -0.05) is 19.1 Å². The van der Waals surface area contributed by atoms with E-state index in [-0.39, 0.29) is 6.10 Å². The Bertz CT molecular complexity index is 465. The SMILES string of the molecule is CCC1CN(c2cc(OC)ccc2C(N)=S)CCO1. The van der Waals surface area contributed by atoms with Crippen LogP contribution in [0.3, 0.4) is 0 Å². The largest absolute Gasteiger partial charge is 0.497 e. The Kier molecular flexibility index (Phi) is 4.61. The number of benzene rings is 1. The van der Waals surface area contributed by atoms with Crippen LogP contribution in [0, 0.1) is 0 Å². The van der Waals surface area contributed by atoms with Crippen LogP contribution in [0.2, 0.25) is 0 Å².